The van der Waals surface area contributed by atoms with Crippen LogP contribution in [-0.2, 0) is 4.79 Å². The highest BCUT2D eigenvalue weighted by atomic mass is 35.5. The molecule has 0 spiro atoms. The Hall–Kier alpha value is -1.95. The lowest BCUT2D eigenvalue weighted by molar-refractivity contribution is -0.125. The highest BCUT2D eigenvalue weighted by Crippen LogP contribution is 2.37. The second kappa shape index (κ2) is 10.4. The molecule has 150 valence electrons. The number of nitrogens with one attached hydrogen (secondary N) is 1. The van der Waals surface area contributed by atoms with Gasteiger partial charge in [0, 0.05) is 25.7 Å². The fourth-order valence-corrected chi connectivity index (χ4v) is 3.44. The minimum atomic E-state index is -0.175. The van der Waals surface area contributed by atoms with Crippen molar-refractivity contribution in [2.75, 3.05) is 33.4 Å². The number of unbranched alkanes of at least 4 members (excludes halogenated alkanes) is 1. The molecule has 0 aliphatic carbocycles. The monoisotopic (exact) mass is 396 g/mol. The van der Waals surface area contributed by atoms with Gasteiger partial charge >= 0.3 is 0 Å². The van der Waals surface area contributed by atoms with Crippen LogP contribution in [0.2, 0.25) is 5.02 Å². The summed E-state index contributed by atoms with van der Waals surface area (Å²) < 4.78 is 11.4. The number of carbonyl (C=O) groups is 2. The number of piperidine rings is 1. The maximum atomic E-state index is 13.0. The average molecular weight is 397 g/mol. The Kier molecular flexibility index (Phi) is 8.23. The van der Waals surface area contributed by atoms with Crippen LogP contribution in [0.5, 0.6) is 11.5 Å². The van der Waals surface area contributed by atoms with E-state index in [0.717, 1.165) is 25.7 Å². The maximum absolute atomic E-state index is 13.0. The third-order valence-electron chi connectivity index (χ3n) is 4.63. The summed E-state index contributed by atoms with van der Waals surface area (Å²) in [7, 11) is 1.62. The van der Waals surface area contributed by atoms with Gasteiger partial charge in [-0.05, 0) is 38.3 Å². The van der Waals surface area contributed by atoms with Crippen molar-refractivity contribution < 1.29 is 19.1 Å². The van der Waals surface area contributed by atoms with Gasteiger partial charge in [0.15, 0.2) is 11.5 Å². The lowest BCUT2D eigenvalue weighted by atomic mass is 9.96. The first kappa shape index (κ1) is 21.4. The molecule has 27 heavy (non-hydrogen) atoms. The number of benzene rings is 1. The number of hydrogen-bond acceptors (Lipinski definition) is 4. The van der Waals surface area contributed by atoms with Gasteiger partial charge in [-0.3, -0.25) is 9.59 Å². The fourth-order valence-electron chi connectivity index (χ4n) is 3.18. The molecular formula is C20H29ClN2O4. The number of hydrogen-bond donors (Lipinski definition) is 1. The summed E-state index contributed by atoms with van der Waals surface area (Å²) in [5.41, 5.74) is 0.448. The zero-order valence-corrected chi connectivity index (χ0v) is 17.1. The molecule has 1 aromatic rings. The summed E-state index contributed by atoms with van der Waals surface area (Å²) in [6.45, 7) is 5.99. The Balaban J connectivity index is 2.21. The zero-order valence-electron chi connectivity index (χ0n) is 16.3. The quantitative estimate of drug-likeness (QED) is 0.682. The molecule has 2 amide bonds. The van der Waals surface area contributed by atoms with Gasteiger partial charge in [-0.25, -0.2) is 0 Å². The number of nitrogens with zero attached hydrogens (tertiary/aromatic N) is 1. The van der Waals surface area contributed by atoms with Gasteiger partial charge < -0.3 is 19.7 Å². The topological polar surface area (TPSA) is 67.9 Å². The Bertz CT molecular complexity index is 666. The van der Waals surface area contributed by atoms with E-state index >= 15 is 0 Å². The third kappa shape index (κ3) is 5.51. The fraction of sp³-hybridized carbons (Fsp3) is 0.600. The number of ether oxygens (including phenoxy) is 2. The molecular weight excluding hydrogens is 368 g/mol. The number of likely N-dealkylation sites (tertiary alicyclic amines) is 1. The molecule has 0 aromatic heterocycles. The van der Waals surface area contributed by atoms with E-state index in [2.05, 4.69) is 12.2 Å². The number of rotatable bonds is 8. The van der Waals surface area contributed by atoms with Crippen molar-refractivity contribution in [1.82, 2.24) is 10.2 Å². The van der Waals surface area contributed by atoms with Crippen molar-refractivity contribution in [3.63, 3.8) is 0 Å². The predicted octanol–water partition coefficient (Wildman–Crippen LogP) is 3.52. The van der Waals surface area contributed by atoms with E-state index in [9.17, 15) is 9.59 Å². The van der Waals surface area contributed by atoms with Gasteiger partial charge in [0.25, 0.3) is 5.91 Å². The highest BCUT2D eigenvalue weighted by Gasteiger charge is 2.29. The second-order valence-corrected chi connectivity index (χ2v) is 7.03. The van der Waals surface area contributed by atoms with E-state index in [1.54, 1.807) is 24.1 Å². The van der Waals surface area contributed by atoms with Crippen molar-refractivity contribution in [3.8, 4) is 11.5 Å². The summed E-state index contributed by atoms with van der Waals surface area (Å²) in [5, 5.41) is 3.03. The lowest BCUT2D eigenvalue weighted by Gasteiger charge is -2.32. The summed E-state index contributed by atoms with van der Waals surface area (Å²) in [5.74, 6) is 0.604. The zero-order chi connectivity index (χ0) is 19.8. The largest absolute Gasteiger partial charge is 0.490 e. The average Bonchev–Trinajstić information content (AvgIpc) is 2.68. The van der Waals surface area contributed by atoms with Crippen LogP contribution in [0, 0.1) is 5.92 Å². The van der Waals surface area contributed by atoms with Crippen molar-refractivity contribution in [3.05, 3.63) is 22.7 Å². The van der Waals surface area contributed by atoms with Crippen LogP contribution < -0.4 is 14.8 Å². The molecule has 1 aliphatic heterocycles. The van der Waals surface area contributed by atoms with E-state index in [1.807, 2.05) is 6.92 Å². The number of amides is 2. The highest BCUT2D eigenvalue weighted by molar-refractivity contribution is 6.32. The second-order valence-electron chi connectivity index (χ2n) is 6.62. The standard InChI is InChI=1S/C20H29ClN2O4/c1-4-6-10-27-18-16(21)11-15(12-17(18)26-5-2)20(25)23-9-7-8-14(13-23)19(24)22-3/h11-12,14H,4-10,13H2,1-3H3,(H,22,24). The molecule has 0 bridgehead atoms. The van der Waals surface area contributed by atoms with Gasteiger partial charge in [-0.15, -0.1) is 0 Å². The Labute approximate surface area is 166 Å². The molecule has 7 heteroatoms. The summed E-state index contributed by atoms with van der Waals surface area (Å²) >= 11 is 6.39. The minimum Gasteiger partial charge on any atom is -0.490 e. The van der Waals surface area contributed by atoms with Crippen LogP contribution in [0.15, 0.2) is 12.1 Å². The third-order valence-corrected chi connectivity index (χ3v) is 4.91. The van der Waals surface area contributed by atoms with Gasteiger partial charge in [0.05, 0.1) is 24.2 Å². The SMILES string of the molecule is CCCCOc1c(Cl)cc(C(=O)N2CCCC(C(=O)NC)C2)cc1OCC. The van der Waals surface area contributed by atoms with E-state index in [-0.39, 0.29) is 17.7 Å². The Morgan fingerprint density at radius 3 is 2.74 bits per heavy atom. The molecule has 2 rings (SSSR count). The molecule has 1 fully saturated rings. The first-order chi connectivity index (χ1) is 13.0. The van der Waals surface area contributed by atoms with Crippen LogP contribution >= 0.6 is 11.6 Å². The summed E-state index contributed by atoms with van der Waals surface area (Å²) in [6, 6.07) is 3.31. The lowest BCUT2D eigenvalue weighted by Crippen LogP contribution is -2.44. The molecule has 0 saturated carbocycles. The number of halogens is 1. The van der Waals surface area contributed by atoms with Crippen LogP contribution in [0.25, 0.3) is 0 Å². The molecule has 1 saturated heterocycles. The molecule has 1 atom stereocenters. The molecule has 1 unspecified atom stereocenters. The van der Waals surface area contributed by atoms with Crippen LogP contribution in [0.1, 0.15) is 49.9 Å². The molecule has 1 aromatic carbocycles. The van der Waals surface area contributed by atoms with Crippen LogP contribution in [0.3, 0.4) is 0 Å². The normalized spacial score (nSPS) is 16.7. The van der Waals surface area contributed by atoms with Gasteiger partial charge in [0.1, 0.15) is 0 Å². The Morgan fingerprint density at radius 1 is 1.30 bits per heavy atom. The Morgan fingerprint density at radius 2 is 2.07 bits per heavy atom. The van der Waals surface area contributed by atoms with Crippen molar-refractivity contribution >= 4 is 23.4 Å². The van der Waals surface area contributed by atoms with Crippen LogP contribution in [-0.4, -0.2) is 50.1 Å². The van der Waals surface area contributed by atoms with E-state index < -0.39 is 0 Å². The summed E-state index contributed by atoms with van der Waals surface area (Å²) in [4.78, 5) is 26.6. The van der Waals surface area contributed by atoms with E-state index in [4.69, 9.17) is 21.1 Å². The van der Waals surface area contributed by atoms with Crippen molar-refractivity contribution in [1.29, 1.82) is 0 Å². The van der Waals surface area contributed by atoms with Gasteiger partial charge in [0.2, 0.25) is 5.91 Å². The molecule has 0 radical (unpaired) electrons. The smallest absolute Gasteiger partial charge is 0.254 e. The van der Waals surface area contributed by atoms with Gasteiger partial charge in [-0.2, -0.15) is 0 Å². The van der Waals surface area contributed by atoms with Crippen LogP contribution in [0.4, 0.5) is 0 Å². The predicted molar refractivity (Wildman–Crippen MR) is 106 cm³/mol. The van der Waals surface area contributed by atoms with E-state index in [0.29, 0.717) is 48.4 Å². The molecule has 1 N–H and O–H groups in total. The summed E-state index contributed by atoms with van der Waals surface area (Å²) in [6.07, 6.45) is 3.52. The molecule has 6 nitrogen and oxygen atoms in total. The first-order valence-electron chi connectivity index (χ1n) is 9.61. The van der Waals surface area contributed by atoms with Gasteiger partial charge in [-0.1, -0.05) is 24.9 Å². The number of carbonyl (C=O) groups excluding carboxylic acids is 2. The molecule has 1 heterocycles. The van der Waals surface area contributed by atoms with Crippen molar-refractivity contribution in [2.24, 2.45) is 5.92 Å². The first-order valence-corrected chi connectivity index (χ1v) is 9.99. The maximum Gasteiger partial charge on any atom is 0.254 e. The minimum absolute atomic E-state index is 0.0276. The van der Waals surface area contributed by atoms with Crippen molar-refractivity contribution in [2.45, 2.75) is 39.5 Å². The van der Waals surface area contributed by atoms with E-state index in [1.165, 1.54) is 0 Å². The molecule has 1 aliphatic rings.